The van der Waals surface area contributed by atoms with Crippen LogP contribution >= 0.6 is 0 Å². The van der Waals surface area contributed by atoms with Crippen LogP contribution in [-0.2, 0) is 9.63 Å². The minimum Gasteiger partial charge on any atom is -0.492 e. The molecule has 0 aliphatic carbocycles. The summed E-state index contributed by atoms with van der Waals surface area (Å²) in [6.07, 6.45) is 0. The van der Waals surface area contributed by atoms with Crippen molar-refractivity contribution in [2.45, 2.75) is 5.92 Å². The summed E-state index contributed by atoms with van der Waals surface area (Å²) < 4.78 is 18.7. The van der Waals surface area contributed by atoms with E-state index < -0.39 is 29.5 Å². The van der Waals surface area contributed by atoms with E-state index in [4.69, 9.17) is 9.57 Å². The number of carbonyl (C=O) groups excluding carboxylic acids is 3. The van der Waals surface area contributed by atoms with Gasteiger partial charge in [-0.2, -0.15) is 0 Å². The monoisotopic (exact) mass is 327 g/mol. The van der Waals surface area contributed by atoms with Crippen molar-refractivity contribution in [3.8, 4) is 5.75 Å². The number of hydrogen-bond donors (Lipinski definition) is 0. The normalized spacial score (nSPS) is 18.2. The first-order valence-electron chi connectivity index (χ1n) is 7.18. The van der Waals surface area contributed by atoms with Gasteiger partial charge in [0.1, 0.15) is 24.1 Å². The number of imide groups is 1. The Morgan fingerprint density at radius 1 is 1.12 bits per heavy atom. The molecule has 6 nitrogen and oxygen atoms in total. The molecule has 1 unspecified atom stereocenters. The summed E-state index contributed by atoms with van der Waals surface area (Å²) in [5.74, 6) is -3.31. The molecule has 1 atom stereocenters. The Bertz CT molecular complexity index is 859. The molecular weight excluding hydrogens is 317 g/mol. The number of hydrogen-bond acceptors (Lipinski definition) is 5. The second-order valence-electron chi connectivity index (χ2n) is 5.41. The second-order valence-corrected chi connectivity index (χ2v) is 5.41. The number of ether oxygens (including phenoxy) is 1. The highest BCUT2D eigenvalue weighted by atomic mass is 19.1. The van der Waals surface area contributed by atoms with Gasteiger partial charge in [-0.25, -0.2) is 9.18 Å². The molecule has 0 saturated carbocycles. The minimum absolute atomic E-state index is 0.0409. The fourth-order valence-corrected chi connectivity index (χ4v) is 2.78. The van der Waals surface area contributed by atoms with E-state index >= 15 is 0 Å². The van der Waals surface area contributed by atoms with Crippen LogP contribution in [0.2, 0.25) is 0 Å². The average molecular weight is 327 g/mol. The van der Waals surface area contributed by atoms with Gasteiger partial charge in [0.25, 0.3) is 11.8 Å². The van der Waals surface area contributed by atoms with Crippen LogP contribution in [0.15, 0.2) is 42.5 Å². The van der Waals surface area contributed by atoms with Crippen molar-refractivity contribution in [1.29, 1.82) is 0 Å². The Kier molecular flexibility index (Phi) is 3.09. The first kappa shape index (κ1) is 14.4. The zero-order valence-electron chi connectivity index (χ0n) is 12.2. The lowest BCUT2D eigenvalue weighted by atomic mass is 10.0. The zero-order valence-corrected chi connectivity index (χ0v) is 12.2. The first-order valence-corrected chi connectivity index (χ1v) is 7.18. The molecule has 120 valence electrons. The molecule has 2 aliphatic rings. The zero-order chi connectivity index (χ0) is 16.8. The summed E-state index contributed by atoms with van der Waals surface area (Å²) in [6.45, 7) is -0.0409. The number of halogens is 1. The summed E-state index contributed by atoms with van der Waals surface area (Å²) in [6, 6.07) is 9.99. The predicted molar refractivity (Wildman–Crippen MR) is 77.7 cm³/mol. The van der Waals surface area contributed by atoms with Gasteiger partial charge in [0, 0.05) is 5.56 Å². The Labute approximate surface area is 135 Å². The van der Waals surface area contributed by atoms with Gasteiger partial charge < -0.3 is 9.57 Å². The van der Waals surface area contributed by atoms with E-state index in [1.807, 2.05) is 0 Å². The topological polar surface area (TPSA) is 72.9 Å². The van der Waals surface area contributed by atoms with Gasteiger partial charge in [-0.3, -0.25) is 9.59 Å². The van der Waals surface area contributed by atoms with Gasteiger partial charge in [0.05, 0.1) is 11.1 Å². The highest BCUT2D eigenvalue weighted by molar-refractivity contribution is 6.20. The molecule has 0 aromatic heterocycles. The van der Waals surface area contributed by atoms with E-state index in [9.17, 15) is 18.8 Å². The Hall–Kier alpha value is -3.22. The molecule has 0 fully saturated rings. The molecule has 0 spiro atoms. The maximum atomic E-state index is 13.4. The SMILES string of the molecule is O=C(ON1C(=O)c2ccccc2C1=O)C1COc2ccc(F)cc21. The molecule has 2 amide bonds. The molecule has 24 heavy (non-hydrogen) atoms. The van der Waals surface area contributed by atoms with Gasteiger partial charge in [-0.15, -0.1) is 0 Å². The number of nitrogens with zero attached hydrogens (tertiary/aromatic N) is 1. The molecule has 2 aromatic rings. The third-order valence-corrected chi connectivity index (χ3v) is 3.98. The van der Waals surface area contributed by atoms with Crippen LogP contribution in [0, 0.1) is 5.82 Å². The van der Waals surface area contributed by atoms with Gasteiger partial charge in [-0.1, -0.05) is 17.2 Å². The number of hydroxylamine groups is 2. The van der Waals surface area contributed by atoms with Crippen LogP contribution in [0.5, 0.6) is 5.75 Å². The lowest BCUT2D eigenvalue weighted by molar-refractivity contribution is -0.170. The number of benzene rings is 2. The van der Waals surface area contributed by atoms with E-state index in [2.05, 4.69) is 0 Å². The van der Waals surface area contributed by atoms with Crippen molar-refractivity contribution in [1.82, 2.24) is 5.06 Å². The second kappa shape index (κ2) is 5.16. The molecule has 7 heteroatoms. The number of rotatable bonds is 2. The lowest BCUT2D eigenvalue weighted by Crippen LogP contribution is -2.35. The van der Waals surface area contributed by atoms with Crippen LogP contribution in [0.1, 0.15) is 32.2 Å². The van der Waals surface area contributed by atoms with E-state index in [-0.39, 0.29) is 17.7 Å². The maximum Gasteiger partial charge on any atom is 0.344 e. The molecule has 0 radical (unpaired) electrons. The number of fused-ring (bicyclic) bond motifs is 2. The fraction of sp³-hybridized carbons (Fsp3) is 0.118. The van der Waals surface area contributed by atoms with Crippen molar-refractivity contribution in [3.05, 3.63) is 65.0 Å². The van der Waals surface area contributed by atoms with Crippen molar-refractivity contribution < 1.29 is 28.3 Å². The molecule has 2 aliphatic heterocycles. The van der Waals surface area contributed by atoms with Crippen LogP contribution < -0.4 is 4.74 Å². The molecule has 2 heterocycles. The van der Waals surface area contributed by atoms with E-state index in [1.54, 1.807) is 12.1 Å². The summed E-state index contributed by atoms with van der Waals surface area (Å²) >= 11 is 0. The fourth-order valence-electron chi connectivity index (χ4n) is 2.78. The molecule has 2 aromatic carbocycles. The van der Waals surface area contributed by atoms with Gasteiger partial charge in [-0.05, 0) is 30.3 Å². The third-order valence-electron chi connectivity index (χ3n) is 3.98. The van der Waals surface area contributed by atoms with Crippen molar-refractivity contribution in [3.63, 3.8) is 0 Å². The molecule has 4 rings (SSSR count). The largest absolute Gasteiger partial charge is 0.492 e. The number of carbonyl (C=O) groups is 3. The van der Waals surface area contributed by atoms with Crippen LogP contribution in [0.25, 0.3) is 0 Å². The summed E-state index contributed by atoms with van der Waals surface area (Å²) in [5.41, 5.74) is 0.672. The van der Waals surface area contributed by atoms with Crippen molar-refractivity contribution in [2.75, 3.05) is 6.61 Å². The molecule has 0 N–H and O–H groups in total. The van der Waals surface area contributed by atoms with Crippen LogP contribution in [0.4, 0.5) is 4.39 Å². The van der Waals surface area contributed by atoms with Crippen molar-refractivity contribution >= 4 is 17.8 Å². The third kappa shape index (κ3) is 2.05. The smallest absolute Gasteiger partial charge is 0.344 e. The minimum atomic E-state index is -0.903. The molecular formula is C17H10FNO5. The number of amides is 2. The molecule has 0 bridgehead atoms. The van der Waals surface area contributed by atoms with Gasteiger partial charge in [0.2, 0.25) is 0 Å². The van der Waals surface area contributed by atoms with Gasteiger partial charge >= 0.3 is 5.97 Å². The highest BCUT2D eigenvalue weighted by Gasteiger charge is 2.41. The highest BCUT2D eigenvalue weighted by Crippen LogP contribution is 2.35. The predicted octanol–water partition coefficient (Wildman–Crippen LogP) is 2.06. The molecule has 0 saturated heterocycles. The Morgan fingerprint density at radius 2 is 1.79 bits per heavy atom. The van der Waals surface area contributed by atoms with E-state index in [0.717, 1.165) is 0 Å². The van der Waals surface area contributed by atoms with Crippen molar-refractivity contribution in [2.24, 2.45) is 0 Å². The van der Waals surface area contributed by atoms with E-state index in [0.29, 0.717) is 16.4 Å². The van der Waals surface area contributed by atoms with Crippen LogP contribution in [0.3, 0.4) is 0 Å². The quantitative estimate of drug-likeness (QED) is 0.790. The first-order chi connectivity index (χ1) is 11.6. The Morgan fingerprint density at radius 3 is 2.46 bits per heavy atom. The summed E-state index contributed by atoms with van der Waals surface area (Å²) in [7, 11) is 0. The lowest BCUT2D eigenvalue weighted by Gasteiger charge is -2.15. The summed E-state index contributed by atoms with van der Waals surface area (Å²) in [4.78, 5) is 41.7. The maximum absolute atomic E-state index is 13.4. The standard InChI is InChI=1S/C17H10FNO5/c18-9-5-6-14-12(7-9)13(8-23-14)17(22)24-19-15(20)10-3-1-2-4-11(10)16(19)21/h1-7,13H,8H2. The summed E-state index contributed by atoms with van der Waals surface area (Å²) in [5, 5.41) is 0.435. The van der Waals surface area contributed by atoms with Crippen LogP contribution in [-0.4, -0.2) is 29.5 Å². The average Bonchev–Trinajstić information content (AvgIpc) is 3.10. The van der Waals surface area contributed by atoms with Gasteiger partial charge in [0.15, 0.2) is 0 Å². The Balaban J connectivity index is 1.58. The van der Waals surface area contributed by atoms with E-state index in [1.165, 1.54) is 30.3 Å².